The number of amides is 1. The van der Waals surface area contributed by atoms with Gasteiger partial charge in [0.1, 0.15) is 11.1 Å². The van der Waals surface area contributed by atoms with Gasteiger partial charge in [-0.2, -0.15) is 8.78 Å². The quantitative estimate of drug-likeness (QED) is 0.210. The Labute approximate surface area is 197 Å². The van der Waals surface area contributed by atoms with Gasteiger partial charge in [-0.3, -0.25) is 4.79 Å². The molecule has 35 heavy (non-hydrogen) atoms. The maximum absolute atomic E-state index is 13.9. The molecule has 0 aromatic heterocycles. The molecule has 0 atom stereocenters. The number of ether oxygens (including phenoxy) is 4. The molecule has 2 aromatic carbocycles. The van der Waals surface area contributed by atoms with E-state index in [4.69, 9.17) is 14.2 Å². The third-order valence-corrected chi connectivity index (χ3v) is 4.73. The largest absolute Gasteiger partial charge is 0.444 e. The summed E-state index contributed by atoms with van der Waals surface area (Å²) in [7, 11) is 0. The molecule has 0 saturated carbocycles. The van der Waals surface area contributed by atoms with Crippen LogP contribution in [-0.2, 0) is 19.0 Å². The second-order valence-electron chi connectivity index (χ2n) is 8.82. The predicted molar refractivity (Wildman–Crippen MR) is 110 cm³/mol. The molecule has 1 N–H and O–H groups in total. The summed E-state index contributed by atoms with van der Waals surface area (Å²) in [5, 5.41) is 2.43. The van der Waals surface area contributed by atoms with Crippen LogP contribution >= 0.6 is 0 Å². The first kappa shape index (κ1) is 26.4. The van der Waals surface area contributed by atoms with Gasteiger partial charge in [0, 0.05) is 5.56 Å². The lowest BCUT2D eigenvalue weighted by atomic mass is 9.96. The zero-order valence-corrected chi connectivity index (χ0v) is 18.9. The standard InChI is InChI=1S/C23H22F5NO6/c1-22(2,3)35-21(31)29-23(10-32-20(33-11-23)12-7-5-4-6-8-12)9-13(30)34-19-17(27)15(25)14(24)16(26)18(19)28/h4-8,20H,9-11H2,1-3H3,(H,29,31). The first-order valence-electron chi connectivity index (χ1n) is 10.3. The molecule has 1 saturated heterocycles. The summed E-state index contributed by atoms with van der Waals surface area (Å²) < 4.78 is 89.0. The number of carbonyl (C=O) groups excluding carboxylic acids is 2. The van der Waals surface area contributed by atoms with Gasteiger partial charge in [0.05, 0.1) is 19.6 Å². The number of benzene rings is 2. The Hall–Kier alpha value is -3.25. The normalized spacial score (nSPS) is 20.3. The fraction of sp³-hybridized carbons (Fsp3) is 0.391. The molecular formula is C23H22F5NO6. The van der Waals surface area contributed by atoms with E-state index in [1.807, 2.05) is 0 Å². The summed E-state index contributed by atoms with van der Waals surface area (Å²) in [5.41, 5.74) is -1.92. The SMILES string of the molecule is CC(C)(C)OC(=O)NC1(CC(=O)Oc2c(F)c(F)c(F)c(F)c2F)COC(c2ccccc2)OC1. The van der Waals surface area contributed by atoms with Crippen molar-refractivity contribution in [2.24, 2.45) is 0 Å². The monoisotopic (exact) mass is 503 g/mol. The van der Waals surface area contributed by atoms with Gasteiger partial charge in [0.25, 0.3) is 0 Å². The number of esters is 1. The average molecular weight is 503 g/mol. The van der Waals surface area contributed by atoms with E-state index >= 15 is 0 Å². The summed E-state index contributed by atoms with van der Waals surface area (Å²) in [6.07, 6.45) is -2.63. The molecule has 0 bridgehead atoms. The van der Waals surface area contributed by atoms with Gasteiger partial charge in [-0.1, -0.05) is 30.3 Å². The first-order valence-corrected chi connectivity index (χ1v) is 10.3. The molecule has 1 aliphatic heterocycles. The Morgan fingerprint density at radius 2 is 1.46 bits per heavy atom. The molecule has 0 spiro atoms. The topological polar surface area (TPSA) is 83.1 Å². The highest BCUT2D eigenvalue weighted by molar-refractivity contribution is 5.76. The first-order chi connectivity index (χ1) is 16.3. The van der Waals surface area contributed by atoms with Crippen molar-refractivity contribution in [3.63, 3.8) is 0 Å². The van der Waals surface area contributed by atoms with Crippen LogP contribution in [0.15, 0.2) is 30.3 Å². The Bertz CT molecular complexity index is 1070. The zero-order chi connectivity index (χ0) is 26.0. The number of halogens is 5. The van der Waals surface area contributed by atoms with Crippen molar-refractivity contribution >= 4 is 12.1 Å². The lowest BCUT2D eigenvalue weighted by molar-refractivity contribution is -0.218. The van der Waals surface area contributed by atoms with Crippen LogP contribution in [0.25, 0.3) is 0 Å². The van der Waals surface area contributed by atoms with Crippen molar-refractivity contribution in [2.45, 2.75) is 44.6 Å². The third-order valence-electron chi connectivity index (χ3n) is 4.73. The molecule has 1 amide bonds. The van der Waals surface area contributed by atoms with Gasteiger partial charge in [0.15, 0.2) is 6.29 Å². The molecule has 1 fully saturated rings. The number of alkyl carbamates (subject to hydrolysis) is 1. The van der Waals surface area contributed by atoms with Crippen LogP contribution in [0.1, 0.15) is 39.0 Å². The minimum Gasteiger partial charge on any atom is -0.444 e. The number of rotatable bonds is 5. The van der Waals surface area contributed by atoms with E-state index in [9.17, 15) is 31.5 Å². The van der Waals surface area contributed by atoms with Gasteiger partial charge in [-0.15, -0.1) is 0 Å². The van der Waals surface area contributed by atoms with Gasteiger partial charge in [0.2, 0.25) is 34.8 Å². The molecule has 190 valence electrons. The van der Waals surface area contributed by atoms with E-state index in [1.165, 1.54) is 0 Å². The van der Waals surface area contributed by atoms with Gasteiger partial charge < -0.3 is 24.3 Å². The molecule has 3 rings (SSSR count). The van der Waals surface area contributed by atoms with Gasteiger partial charge in [-0.05, 0) is 20.8 Å². The van der Waals surface area contributed by atoms with Crippen molar-refractivity contribution in [2.75, 3.05) is 13.2 Å². The molecule has 2 aromatic rings. The number of carbonyl (C=O) groups is 2. The molecule has 12 heteroatoms. The average Bonchev–Trinajstić information content (AvgIpc) is 2.79. The van der Waals surface area contributed by atoms with Crippen molar-refractivity contribution in [3.8, 4) is 5.75 Å². The van der Waals surface area contributed by atoms with Crippen LogP contribution in [0.5, 0.6) is 5.75 Å². The van der Waals surface area contributed by atoms with E-state index in [0.717, 1.165) is 0 Å². The summed E-state index contributed by atoms with van der Waals surface area (Å²) in [6.45, 7) is 4.11. The summed E-state index contributed by atoms with van der Waals surface area (Å²) in [5.74, 6) is -14.8. The molecular weight excluding hydrogens is 481 g/mol. The maximum Gasteiger partial charge on any atom is 0.408 e. The van der Waals surface area contributed by atoms with Crippen LogP contribution in [0.3, 0.4) is 0 Å². The summed E-state index contributed by atoms with van der Waals surface area (Å²) in [6, 6.07) is 8.69. The molecule has 7 nitrogen and oxygen atoms in total. The minimum absolute atomic E-state index is 0.335. The van der Waals surface area contributed by atoms with Gasteiger partial charge in [-0.25, -0.2) is 18.0 Å². The maximum atomic E-state index is 13.9. The smallest absolute Gasteiger partial charge is 0.408 e. The molecule has 1 aliphatic rings. The van der Waals surface area contributed by atoms with Crippen molar-refractivity contribution < 1.29 is 50.5 Å². The van der Waals surface area contributed by atoms with Gasteiger partial charge >= 0.3 is 12.1 Å². The highest BCUT2D eigenvalue weighted by Gasteiger charge is 2.43. The molecule has 0 unspecified atom stereocenters. The van der Waals surface area contributed by atoms with Crippen molar-refractivity contribution in [1.29, 1.82) is 0 Å². The molecule has 0 radical (unpaired) electrons. The van der Waals surface area contributed by atoms with Crippen molar-refractivity contribution in [3.05, 3.63) is 65.0 Å². The van der Waals surface area contributed by atoms with Crippen molar-refractivity contribution in [1.82, 2.24) is 5.32 Å². The van der Waals surface area contributed by atoms with Crippen LogP contribution in [0.4, 0.5) is 26.7 Å². The summed E-state index contributed by atoms with van der Waals surface area (Å²) >= 11 is 0. The Morgan fingerprint density at radius 3 is 1.97 bits per heavy atom. The minimum atomic E-state index is -2.40. The predicted octanol–water partition coefficient (Wildman–Crippen LogP) is 4.69. The van der Waals surface area contributed by atoms with E-state index in [-0.39, 0.29) is 13.2 Å². The lowest BCUT2D eigenvalue weighted by Crippen LogP contribution is -2.60. The molecule has 1 heterocycles. The van der Waals surface area contributed by atoms with Crippen LogP contribution < -0.4 is 10.1 Å². The van der Waals surface area contributed by atoms with E-state index < -0.39 is 70.7 Å². The molecule has 0 aliphatic carbocycles. The van der Waals surface area contributed by atoms with E-state index in [2.05, 4.69) is 10.1 Å². The number of hydrogen-bond acceptors (Lipinski definition) is 6. The summed E-state index contributed by atoms with van der Waals surface area (Å²) in [4.78, 5) is 24.9. The Balaban J connectivity index is 1.81. The third kappa shape index (κ3) is 6.25. The highest BCUT2D eigenvalue weighted by Crippen LogP contribution is 2.32. The van der Waals surface area contributed by atoms with E-state index in [1.54, 1.807) is 51.1 Å². The fourth-order valence-electron chi connectivity index (χ4n) is 3.20. The second kappa shape index (κ2) is 10.2. The van der Waals surface area contributed by atoms with E-state index in [0.29, 0.717) is 5.56 Å². The zero-order valence-electron chi connectivity index (χ0n) is 18.9. The fourth-order valence-corrected chi connectivity index (χ4v) is 3.20. The lowest BCUT2D eigenvalue weighted by Gasteiger charge is -2.40. The van der Waals surface area contributed by atoms with Crippen LogP contribution in [-0.4, -0.2) is 36.4 Å². The number of hydrogen-bond donors (Lipinski definition) is 1. The highest BCUT2D eigenvalue weighted by atomic mass is 19.2. The second-order valence-corrected chi connectivity index (χ2v) is 8.82. The van der Waals surface area contributed by atoms with Crippen LogP contribution in [0.2, 0.25) is 0 Å². The Morgan fingerprint density at radius 1 is 0.943 bits per heavy atom. The van der Waals surface area contributed by atoms with Crippen LogP contribution in [0, 0.1) is 29.1 Å². The number of nitrogens with one attached hydrogen (secondary N) is 1. The Kier molecular flexibility index (Phi) is 7.65.